The molecule has 0 radical (unpaired) electrons. The SMILES string of the molecule is CCCCNC(=O)C(Cc1ccccc1)N(Cc1ccccc1C)C(=O)CN(c1ccc(C)cc1)S(=O)(=O)c1ccc(SC)cc1. The smallest absolute Gasteiger partial charge is 0.264 e. The van der Waals surface area contributed by atoms with Gasteiger partial charge in [0.1, 0.15) is 12.6 Å². The Morgan fingerprint density at radius 3 is 2.13 bits per heavy atom. The Morgan fingerprint density at radius 2 is 1.50 bits per heavy atom. The van der Waals surface area contributed by atoms with Gasteiger partial charge in [-0.05, 0) is 79.6 Å². The van der Waals surface area contributed by atoms with Crippen molar-refractivity contribution in [1.82, 2.24) is 10.2 Å². The van der Waals surface area contributed by atoms with Crippen molar-refractivity contribution in [3.8, 4) is 0 Å². The molecule has 0 spiro atoms. The first-order valence-electron chi connectivity index (χ1n) is 15.5. The lowest BCUT2D eigenvalue weighted by molar-refractivity contribution is -0.140. The van der Waals surface area contributed by atoms with Crippen molar-refractivity contribution in [2.24, 2.45) is 0 Å². The van der Waals surface area contributed by atoms with Crippen LogP contribution in [0.4, 0.5) is 5.69 Å². The van der Waals surface area contributed by atoms with Crippen molar-refractivity contribution in [2.75, 3.05) is 23.7 Å². The molecule has 0 aliphatic rings. The van der Waals surface area contributed by atoms with E-state index in [9.17, 15) is 18.0 Å². The van der Waals surface area contributed by atoms with Gasteiger partial charge in [0.25, 0.3) is 10.0 Å². The molecule has 4 aromatic carbocycles. The molecule has 9 heteroatoms. The van der Waals surface area contributed by atoms with Crippen LogP contribution in [-0.2, 0) is 32.6 Å². The molecule has 0 aliphatic heterocycles. The fraction of sp³-hybridized carbons (Fsp3) is 0.297. The van der Waals surface area contributed by atoms with Gasteiger partial charge in [-0.3, -0.25) is 13.9 Å². The molecule has 7 nitrogen and oxygen atoms in total. The fourth-order valence-corrected chi connectivity index (χ4v) is 6.97. The highest BCUT2D eigenvalue weighted by Crippen LogP contribution is 2.27. The lowest BCUT2D eigenvalue weighted by Gasteiger charge is -2.34. The summed E-state index contributed by atoms with van der Waals surface area (Å²) in [5.41, 5.74) is 4.09. The van der Waals surface area contributed by atoms with E-state index in [-0.39, 0.29) is 23.8 Å². The van der Waals surface area contributed by atoms with E-state index in [4.69, 9.17) is 0 Å². The zero-order valence-corrected chi connectivity index (χ0v) is 28.6. The van der Waals surface area contributed by atoms with Crippen LogP contribution in [0.2, 0.25) is 0 Å². The number of amides is 2. The molecule has 0 saturated carbocycles. The topological polar surface area (TPSA) is 86.8 Å². The molecular weight excluding hydrogens is 615 g/mol. The molecule has 1 atom stereocenters. The van der Waals surface area contributed by atoms with E-state index >= 15 is 0 Å². The van der Waals surface area contributed by atoms with E-state index in [0.717, 1.165) is 44.3 Å². The molecule has 0 aliphatic carbocycles. The van der Waals surface area contributed by atoms with Crippen molar-refractivity contribution in [3.05, 3.63) is 125 Å². The van der Waals surface area contributed by atoms with Crippen molar-refractivity contribution in [3.63, 3.8) is 0 Å². The Bertz CT molecular complexity index is 1690. The van der Waals surface area contributed by atoms with Crippen LogP contribution in [0.15, 0.2) is 113 Å². The standard InChI is InChI=1S/C37H43N3O4S2/c1-5-6-24-38-37(42)35(25-30-13-8-7-9-14-30)39(26-31-15-11-10-12-29(31)3)36(41)27-40(32-18-16-28(2)17-19-32)46(43,44)34-22-20-33(45-4)21-23-34/h7-23,35H,5-6,24-27H2,1-4H3,(H,38,42). The van der Waals surface area contributed by atoms with Crippen LogP contribution >= 0.6 is 11.8 Å². The van der Waals surface area contributed by atoms with Gasteiger partial charge in [-0.2, -0.15) is 0 Å². The average Bonchev–Trinajstić information content (AvgIpc) is 3.07. The Kier molecular flexibility index (Phi) is 12.5. The summed E-state index contributed by atoms with van der Waals surface area (Å²) in [5.74, 6) is -0.739. The van der Waals surface area contributed by atoms with E-state index < -0.39 is 28.5 Å². The number of carbonyl (C=O) groups excluding carboxylic acids is 2. The Balaban J connectivity index is 1.79. The van der Waals surface area contributed by atoms with Gasteiger partial charge in [0.05, 0.1) is 10.6 Å². The predicted molar refractivity (Wildman–Crippen MR) is 188 cm³/mol. The number of hydrogen-bond donors (Lipinski definition) is 1. The molecule has 0 heterocycles. The number of sulfonamides is 1. The molecule has 0 fully saturated rings. The number of thioether (sulfide) groups is 1. The Labute approximate surface area is 278 Å². The van der Waals surface area contributed by atoms with Gasteiger partial charge in [-0.1, -0.05) is 85.6 Å². The molecule has 0 bridgehead atoms. The number of unbranched alkanes of at least 4 members (excludes halogenated alkanes) is 1. The second kappa shape index (κ2) is 16.5. The van der Waals surface area contributed by atoms with E-state index in [2.05, 4.69) is 12.2 Å². The van der Waals surface area contributed by atoms with E-state index in [1.165, 1.54) is 11.8 Å². The molecule has 46 heavy (non-hydrogen) atoms. The number of carbonyl (C=O) groups is 2. The maximum Gasteiger partial charge on any atom is 0.264 e. The van der Waals surface area contributed by atoms with E-state index in [1.54, 1.807) is 41.3 Å². The minimum atomic E-state index is -4.15. The number of rotatable bonds is 15. The van der Waals surface area contributed by atoms with Crippen LogP contribution in [-0.4, -0.2) is 50.5 Å². The summed E-state index contributed by atoms with van der Waals surface area (Å²) >= 11 is 1.52. The Morgan fingerprint density at radius 1 is 0.848 bits per heavy atom. The molecular formula is C37H43N3O4S2. The van der Waals surface area contributed by atoms with Gasteiger partial charge in [0.15, 0.2) is 0 Å². The minimum absolute atomic E-state index is 0.0854. The number of anilines is 1. The van der Waals surface area contributed by atoms with Crippen molar-refractivity contribution in [1.29, 1.82) is 0 Å². The summed E-state index contributed by atoms with van der Waals surface area (Å²) in [6.07, 6.45) is 3.93. The third kappa shape index (κ3) is 9.01. The lowest BCUT2D eigenvalue weighted by atomic mass is 10.0. The van der Waals surface area contributed by atoms with Crippen molar-refractivity contribution < 1.29 is 18.0 Å². The number of hydrogen-bond acceptors (Lipinski definition) is 5. The van der Waals surface area contributed by atoms with Gasteiger partial charge in [-0.25, -0.2) is 8.42 Å². The van der Waals surface area contributed by atoms with Gasteiger partial charge >= 0.3 is 0 Å². The van der Waals surface area contributed by atoms with Crippen molar-refractivity contribution in [2.45, 2.75) is 62.4 Å². The molecule has 1 N–H and O–H groups in total. The largest absolute Gasteiger partial charge is 0.354 e. The van der Waals surface area contributed by atoms with Crippen LogP contribution in [0.5, 0.6) is 0 Å². The van der Waals surface area contributed by atoms with E-state index in [0.29, 0.717) is 12.2 Å². The summed E-state index contributed by atoms with van der Waals surface area (Å²) in [5, 5.41) is 3.03. The maximum absolute atomic E-state index is 14.6. The first kappa shape index (κ1) is 34.8. The third-order valence-corrected chi connectivity index (χ3v) is 10.5. The summed E-state index contributed by atoms with van der Waals surface area (Å²) in [4.78, 5) is 31.0. The van der Waals surface area contributed by atoms with Crippen LogP contribution < -0.4 is 9.62 Å². The van der Waals surface area contributed by atoms with Crippen LogP contribution in [0, 0.1) is 13.8 Å². The number of aryl methyl sites for hydroxylation is 2. The molecule has 2 amide bonds. The summed E-state index contributed by atoms with van der Waals surface area (Å²) in [6.45, 7) is 6.10. The number of nitrogens with zero attached hydrogens (tertiary/aromatic N) is 2. The van der Waals surface area contributed by atoms with Gasteiger partial charge in [0, 0.05) is 24.4 Å². The fourth-order valence-electron chi connectivity index (χ4n) is 5.15. The first-order valence-corrected chi connectivity index (χ1v) is 18.2. The molecule has 242 valence electrons. The first-order chi connectivity index (χ1) is 22.1. The second-order valence-electron chi connectivity index (χ2n) is 11.3. The van der Waals surface area contributed by atoms with Crippen LogP contribution in [0.3, 0.4) is 0 Å². The zero-order chi connectivity index (χ0) is 33.1. The molecule has 0 aromatic heterocycles. The maximum atomic E-state index is 14.6. The average molecular weight is 658 g/mol. The van der Waals surface area contributed by atoms with Gasteiger partial charge < -0.3 is 10.2 Å². The normalized spacial score (nSPS) is 11.9. The summed E-state index contributed by atoms with van der Waals surface area (Å²) in [6, 6.07) is 30.2. The van der Waals surface area contributed by atoms with E-state index in [1.807, 2.05) is 86.8 Å². The molecule has 4 aromatic rings. The lowest BCUT2D eigenvalue weighted by Crippen LogP contribution is -2.53. The van der Waals surface area contributed by atoms with Crippen molar-refractivity contribution >= 4 is 39.3 Å². The van der Waals surface area contributed by atoms with Gasteiger partial charge in [0.2, 0.25) is 11.8 Å². The number of nitrogens with one attached hydrogen (secondary N) is 1. The molecule has 0 saturated heterocycles. The summed E-state index contributed by atoms with van der Waals surface area (Å²) in [7, 11) is -4.15. The minimum Gasteiger partial charge on any atom is -0.354 e. The Hall–Kier alpha value is -4.08. The van der Waals surface area contributed by atoms with Gasteiger partial charge in [-0.15, -0.1) is 11.8 Å². The summed E-state index contributed by atoms with van der Waals surface area (Å²) < 4.78 is 29.6. The highest BCUT2D eigenvalue weighted by Gasteiger charge is 2.34. The second-order valence-corrected chi connectivity index (χ2v) is 14.1. The third-order valence-electron chi connectivity index (χ3n) is 7.95. The number of benzene rings is 4. The monoisotopic (exact) mass is 657 g/mol. The van der Waals surface area contributed by atoms with Crippen LogP contribution in [0.1, 0.15) is 42.0 Å². The molecule has 4 rings (SSSR count). The zero-order valence-electron chi connectivity index (χ0n) is 27.0. The van der Waals surface area contributed by atoms with Crippen LogP contribution in [0.25, 0.3) is 0 Å². The quantitative estimate of drug-likeness (QED) is 0.113. The highest BCUT2D eigenvalue weighted by molar-refractivity contribution is 7.98. The highest BCUT2D eigenvalue weighted by atomic mass is 32.2. The predicted octanol–water partition coefficient (Wildman–Crippen LogP) is 6.78. The molecule has 1 unspecified atom stereocenters.